The van der Waals surface area contributed by atoms with Crippen LogP contribution in [0.3, 0.4) is 0 Å². The Morgan fingerprint density at radius 2 is 1.95 bits per heavy atom. The molecule has 1 aliphatic rings. The third-order valence-corrected chi connectivity index (χ3v) is 4.04. The standard InChI is InChI=1S/C14H18N2O4/c1-20-13(19)14(12(17)18,10-5-2-3-6-10)9-11-15-7-4-8-16-11/h4,7-8,10H,2-3,5-6,9H2,1H3,(H,17,18). The molecule has 1 aromatic rings. The molecule has 1 aromatic heterocycles. The number of carbonyl (C=O) groups is 2. The van der Waals surface area contributed by atoms with E-state index in [4.69, 9.17) is 4.74 Å². The predicted molar refractivity (Wildman–Crippen MR) is 69.8 cm³/mol. The van der Waals surface area contributed by atoms with Gasteiger partial charge in [0.25, 0.3) is 0 Å². The second-order valence-electron chi connectivity index (χ2n) is 5.09. The normalized spacial score (nSPS) is 18.4. The fourth-order valence-corrected chi connectivity index (χ4v) is 2.99. The summed E-state index contributed by atoms with van der Waals surface area (Å²) in [5.41, 5.74) is -1.58. The first kappa shape index (κ1) is 14.4. The van der Waals surface area contributed by atoms with Crippen molar-refractivity contribution in [1.82, 2.24) is 9.97 Å². The van der Waals surface area contributed by atoms with Crippen LogP contribution in [-0.2, 0) is 20.7 Å². The van der Waals surface area contributed by atoms with Crippen LogP contribution in [-0.4, -0.2) is 34.1 Å². The highest BCUT2D eigenvalue weighted by molar-refractivity contribution is 5.99. The summed E-state index contributed by atoms with van der Waals surface area (Å²) in [4.78, 5) is 32.2. The summed E-state index contributed by atoms with van der Waals surface area (Å²) < 4.78 is 4.79. The van der Waals surface area contributed by atoms with Crippen LogP contribution in [0.5, 0.6) is 0 Å². The quantitative estimate of drug-likeness (QED) is 0.647. The number of ether oxygens (including phenoxy) is 1. The summed E-state index contributed by atoms with van der Waals surface area (Å²) in [7, 11) is 1.22. The summed E-state index contributed by atoms with van der Waals surface area (Å²) >= 11 is 0. The van der Waals surface area contributed by atoms with E-state index >= 15 is 0 Å². The molecule has 20 heavy (non-hydrogen) atoms. The minimum absolute atomic E-state index is 0.0273. The Morgan fingerprint density at radius 1 is 1.35 bits per heavy atom. The maximum Gasteiger partial charge on any atom is 0.323 e. The lowest BCUT2D eigenvalue weighted by molar-refractivity contribution is -0.171. The van der Waals surface area contributed by atoms with Gasteiger partial charge in [0.1, 0.15) is 5.82 Å². The van der Waals surface area contributed by atoms with E-state index in [9.17, 15) is 14.7 Å². The van der Waals surface area contributed by atoms with Crippen molar-refractivity contribution in [2.24, 2.45) is 11.3 Å². The van der Waals surface area contributed by atoms with Gasteiger partial charge >= 0.3 is 11.9 Å². The highest BCUT2D eigenvalue weighted by atomic mass is 16.5. The zero-order chi connectivity index (χ0) is 14.6. The van der Waals surface area contributed by atoms with E-state index in [1.165, 1.54) is 7.11 Å². The molecule has 0 amide bonds. The van der Waals surface area contributed by atoms with Crippen LogP contribution in [0.25, 0.3) is 0 Å². The van der Waals surface area contributed by atoms with Crippen molar-refractivity contribution in [3.8, 4) is 0 Å². The van der Waals surface area contributed by atoms with Gasteiger partial charge in [-0.2, -0.15) is 0 Å². The number of aliphatic carboxylic acids is 1. The van der Waals surface area contributed by atoms with Gasteiger partial charge in [-0.1, -0.05) is 12.8 Å². The molecule has 1 aliphatic carbocycles. The van der Waals surface area contributed by atoms with Gasteiger partial charge in [0.2, 0.25) is 0 Å². The third-order valence-electron chi connectivity index (χ3n) is 4.04. The number of carbonyl (C=O) groups excluding carboxylic acids is 1. The van der Waals surface area contributed by atoms with Crippen LogP contribution < -0.4 is 0 Å². The molecule has 6 heteroatoms. The minimum atomic E-state index is -1.58. The van der Waals surface area contributed by atoms with Crippen molar-refractivity contribution in [2.45, 2.75) is 32.1 Å². The van der Waals surface area contributed by atoms with Crippen molar-refractivity contribution in [3.05, 3.63) is 24.3 Å². The Hall–Kier alpha value is -1.98. The first-order chi connectivity index (χ1) is 9.61. The number of aromatic nitrogens is 2. The van der Waals surface area contributed by atoms with Gasteiger partial charge in [0.05, 0.1) is 7.11 Å². The van der Waals surface area contributed by atoms with Crippen molar-refractivity contribution in [1.29, 1.82) is 0 Å². The second kappa shape index (κ2) is 5.98. The van der Waals surface area contributed by atoms with Crippen LogP contribution >= 0.6 is 0 Å². The molecule has 1 N–H and O–H groups in total. The van der Waals surface area contributed by atoms with Crippen molar-refractivity contribution in [2.75, 3.05) is 7.11 Å². The Labute approximate surface area is 117 Å². The van der Waals surface area contributed by atoms with Crippen LogP contribution in [0.1, 0.15) is 31.5 Å². The van der Waals surface area contributed by atoms with Crippen molar-refractivity contribution in [3.63, 3.8) is 0 Å². The lowest BCUT2D eigenvalue weighted by Gasteiger charge is -2.31. The van der Waals surface area contributed by atoms with E-state index in [0.29, 0.717) is 18.7 Å². The fourth-order valence-electron chi connectivity index (χ4n) is 2.99. The topological polar surface area (TPSA) is 89.4 Å². The Bertz CT molecular complexity index is 485. The molecule has 0 bridgehead atoms. The number of rotatable bonds is 5. The highest BCUT2D eigenvalue weighted by Crippen LogP contribution is 2.43. The van der Waals surface area contributed by atoms with Gasteiger partial charge < -0.3 is 9.84 Å². The SMILES string of the molecule is COC(=O)C(Cc1ncccn1)(C(=O)O)C1CCCC1. The first-order valence-electron chi connectivity index (χ1n) is 6.69. The Kier molecular flexibility index (Phi) is 4.32. The summed E-state index contributed by atoms with van der Waals surface area (Å²) in [5.74, 6) is -1.73. The molecular formula is C14H18N2O4. The number of hydrogen-bond acceptors (Lipinski definition) is 5. The molecular weight excluding hydrogens is 260 g/mol. The van der Waals surface area contributed by atoms with E-state index < -0.39 is 17.4 Å². The molecule has 1 saturated carbocycles. The number of hydrogen-bond donors (Lipinski definition) is 1. The van der Waals surface area contributed by atoms with Crippen LogP contribution in [0.4, 0.5) is 0 Å². The molecule has 2 rings (SSSR count). The zero-order valence-electron chi connectivity index (χ0n) is 11.4. The summed E-state index contributed by atoms with van der Waals surface area (Å²) in [6.45, 7) is 0. The zero-order valence-corrected chi connectivity index (χ0v) is 11.4. The predicted octanol–water partition coefficient (Wildman–Crippen LogP) is 1.45. The van der Waals surface area contributed by atoms with E-state index in [-0.39, 0.29) is 12.3 Å². The molecule has 0 spiro atoms. The molecule has 1 fully saturated rings. The highest BCUT2D eigenvalue weighted by Gasteiger charge is 2.54. The van der Waals surface area contributed by atoms with E-state index in [1.807, 2.05) is 0 Å². The largest absolute Gasteiger partial charge is 0.480 e. The summed E-state index contributed by atoms with van der Waals surface area (Å²) in [5, 5.41) is 9.69. The first-order valence-corrected chi connectivity index (χ1v) is 6.69. The Balaban J connectivity index is 2.40. The maximum absolute atomic E-state index is 12.2. The number of esters is 1. The van der Waals surface area contributed by atoms with Crippen LogP contribution in [0, 0.1) is 11.3 Å². The molecule has 0 aromatic carbocycles. The molecule has 0 radical (unpaired) electrons. The van der Waals surface area contributed by atoms with Gasteiger partial charge in [0.15, 0.2) is 5.41 Å². The van der Waals surface area contributed by atoms with Gasteiger partial charge in [-0.15, -0.1) is 0 Å². The van der Waals surface area contributed by atoms with E-state index in [2.05, 4.69) is 9.97 Å². The molecule has 108 valence electrons. The molecule has 1 atom stereocenters. The third kappa shape index (κ3) is 2.50. The fraction of sp³-hybridized carbons (Fsp3) is 0.571. The van der Waals surface area contributed by atoms with Gasteiger partial charge in [-0.05, 0) is 24.8 Å². The molecule has 1 unspecified atom stereocenters. The van der Waals surface area contributed by atoms with E-state index in [1.54, 1.807) is 18.5 Å². The Morgan fingerprint density at radius 3 is 2.45 bits per heavy atom. The second-order valence-corrected chi connectivity index (χ2v) is 5.09. The van der Waals surface area contributed by atoms with Crippen molar-refractivity contribution >= 4 is 11.9 Å². The summed E-state index contributed by atoms with van der Waals surface area (Å²) in [6.07, 6.45) is 6.36. The van der Waals surface area contributed by atoms with Crippen molar-refractivity contribution < 1.29 is 19.4 Å². The average molecular weight is 278 g/mol. The number of methoxy groups -OCH3 is 1. The van der Waals surface area contributed by atoms with Gasteiger partial charge in [-0.25, -0.2) is 9.97 Å². The lowest BCUT2D eigenvalue weighted by Crippen LogP contribution is -2.48. The van der Waals surface area contributed by atoms with Gasteiger partial charge in [-0.3, -0.25) is 9.59 Å². The van der Waals surface area contributed by atoms with Crippen LogP contribution in [0.2, 0.25) is 0 Å². The lowest BCUT2D eigenvalue weighted by atomic mass is 9.71. The molecule has 6 nitrogen and oxygen atoms in total. The molecule has 0 aliphatic heterocycles. The number of carboxylic acids is 1. The molecule has 0 saturated heterocycles. The molecule has 1 heterocycles. The summed E-state index contributed by atoms with van der Waals surface area (Å²) in [6, 6.07) is 1.65. The van der Waals surface area contributed by atoms with E-state index in [0.717, 1.165) is 12.8 Å². The minimum Gasteiger partial charge on any atom is -0.480 e. The number of nitrogens with zero attached hydrogens (tertiary/aromatic N) is 2. The smallest absolute Gasteiger partial charge is 0.323 e. The van der Waals surface area contributed by atoms with Crippen LogP contribution in [0.15, 0.2) is 18.5 Å². The average Bonchev–Trinajstić information content (AvgIpc) is 2.99. The monoisotopic (exact) mass is 278 g/mol. The number of carboxylic acid groups (broad SMARTS) is 1. The maximum atomic E-state index is 12.2. The van der Waals surface area contributed by atoms with Gasteiger partial charge in [0, 0.05) is 18.8 Å².